The van der Waals surface area contributed by atoms with Crippen LogP contribution in [0.4, 0.5) is 16.3 Å². The standard InChI is InChI=1S/C13H20N4O2/c1-13(2,3)19-12(18)16-9-7-17(8-9)11-10(14)5-4-6-15-11/h4-6,9H,7-8,14H2,1-3H3,(H,16,18). The number of anilines is 2. The molecule has 6 heteroatoms. The quantitative estimate of drug-likeness (QED) is 0.843. The molecule has 0 radical (unpaired) electrons. The molecule has 1 fully saturated rings. The Balaban J connectivity index is 1.81. The Bertz CT molecular complexity index is 464. The maximum Gasteiger partial charge on any atom is 0.407 e. The molecule has 19 heavy (non-hydrogen) atoms. The van der Waals surface area contributed by atoms with E-state index in [1.165, 1.54) is 0 Å². The molecule has 1 saturated heterocycles. The zero-order valence-corrected chi connectivity index (χ0v) is 11.5. The maximum absolute atomic E-state index is 11.6. The van der Waals surface area contributed by atoms with E-state index in [0.717, 1.165) is 5.82 Å². The summed E-state index contributed by atoms with van der Waals surface area (Å²) in [5, 5.41) is 2.82. The number of nitrogens with two attached hydrogens (primary N) is 1. The van der Waals surface area contributed by atoms with Crippen molar-refractivity contribution in [1.82, 2.24) is 10.3 Å². The molecule has 6 nitrogen and oxygen atoms in total. The fourth-order valence-electron chi connectivity index (χ4n) is 1.89. The summed E-state index contributed by atoms with van der Waals surface area (Å²) in [5.74, 6) is 0.768. The van der Waals surface area contributed by atoms with E-state index >= 15 is 0 Å². The van der Waals surface area contributed by atoms with Gasteiger partial charge in [-0.2, -0.15) is 0 Å². The van der Waals surface area contributed by atoms with Crippen molar-refractivity contribution in [2.45, 2.75) is 32.4 Å². The van der Waals surface area contributed by atoms with Crippen LogP contribution in [0.15, 0.2) is 18.3 Å². The van der Waals surface area contributed by atoms with E-state index in [1.54, 1.807) is 12.3 Å². The number of hydrogen-bond acceptors (Lipinski definition) is 5. The number of rotatable bonds is 2. The first-order chi connectivity index (χ1) is 8.85. The molecule has 1 aromatic rings. The number of aromatic nitrogens is 1. The van der Waals surface area contributed by atoms with Gasteiger partial charge in [0.1, 0.15) is 5.60 Å². The second kappa shape index (κ2) is 4.95. The zero-order chi connectivity index (χ0) is 14.0. The summed E-state index contributed by atoms with van der Waals surface area (Å²) in [7, 11) is 0. The molecule has 0 unspecified atom stereocenters. The fourth-order valence-corrected chi connectivity index (χ4v) is 1.89. The predicted molar refractivity (Wildman–Crippen MR) is 74.0 cm³/mol. The lowest BCUT2D eigenvalue weighted by atomic mass is 10.1. The van der Waals surface area contributed by atoms with Crippen LogP contribution in [-0.2, 0) is 4.74 Å². The van der Waals surface area contributed by atoms with Gasteiger partial charge in [0.25, 0.3) is 0 Å². The molecule has 3 N–H and O–H groups in total. The van der Waals surface area contributed by atoms with Gasteiger partial charge in [0.2, 0.25) is 0 Å². The molecule has 1 aliphatic heterocycles. The summed E-state index contributed by atoms with van der Waals surface area (Å²) in [6.07, 6.45) is 1.33. The Morgan fingerprint density at radius 2 is 2.21 bits per heavy atom. The largest absolute Gasteiger partial charge is 0.444 e. The first kappa shape index (κ1) is 13.5. The van der Waals surface area contributed by atoms with Crippen molar-refractivity contribution in [2.24, 2.45) is 0 Å². The molecule has 2 heterocycles. The van der Waals surface area contributed by atoms with E-state index in [1.807, 2.05) is 31.7 Å². The van der Waals surface area contributed by atoms with Gasteiger partial charge in [0.15, 0.2) is 5.82 Å². The molecule has 0 atom stereocenters. The summed E-state index contributed by atoms with van der Waals surface area (Å²) in [6, 6.07) is 3.70. The van der Waals surface area contributed by atoms with Gasteiger partial charge >= 0.3 is 6.09 Å². The van der Waals surface area contributed by atoms with E-state index < -0.39 is 5.60 Å². The molecule has 2 rings (SSSR count). The van der Waals surface area contributed by atoms with Crippen LogP contribution in [0.25, 0.3) is 0 Å². The fraction of sp³-hybridized carbons (Fsp3) is 0.538. The second-order valence-corrected chi connectivity index (χ2v) is 5.66. The van der Waals surface area contributed by atoms with Crippen LogP contribution in [0.1, 0.15) is 20.8 Å². The van der Waals surface area contributed by atoms with Crippen molar-refractivity contribution >= 4 is 17.6 Å². The summed E-state index contributed by atoms with van der Waals surface area (Å²) >= 11 is 0. The average molecular weight is 264 g/mol. The molecule has 1 aliphatic rings. The van der Waals surface area contributed by atoms with Crippen molar-refractivity contribution < 1.29 is 9.53 Å². The highest BCUT2D eigenvalue weighted by Crippen LogP contribution is 2.24. The molecule has 0 aliphatic carbocycles. The van der Waals surface area contributed by atoms with E-state index in [9.17, 15) is 4.79 Å². The number of carbonyl (C=O) groups is 1. The normalized spacial score (nSPS) is 15.8. The first-order valence-corrected chi connectivity index (χ1v) is 6.30. The molecule has 104 valence electrons. The molecule has 0 saturated carbocycles. The van der Waals surface area contributed by atoms with E-state index in [-0.39, 0.29) is 12.1 Å². The van der Waals surface area contributed by atoms with Gasteiger partial charge in [0.05, 0.1) is 11.7 Å². The number of alkyl carbamates (subject to hydrolysis) is 1. The number of ether oxygens (including phenoxy) is 1. The van der Waals surface area contributed by atoms with Crippen molar-refractivity contribution in [1.29, 1.82) is 0 Å². The summed E-state index contributed by atoms with van der Waals surface area (Å²) in [4.78, 5) is 17.8. The highest BCUT2D eigenvalue weighted by molar-refractivity contribution is 5.70. The Kier molecular flexibility index (Phi) is 3.50. The molecule has 1 amide bonds. The minimum Gasteiger partial charge on any atom is -0.444 e. The molecule has 1 aromatic heterocycles. The van der Waals surface area contributed by atoms with Gasteiger partial charge in [-0.15, -0.1) is 0 Å². The monoisotopic (exact) mass is 264 g/mol. The van der Waals surface area contributed by atoms with Crippen molar-refractivity contribution in [3.05, 3.63) is 18.3 Å². The third kappa shape index (κ3) is 3.49. The van der Waals surface area contributed by atoms with Crippen LogP contribution in [0, 0.1) is 0 Å². The lowest BCUT2D eigenvalue weighted by Gasteiger charge is -2.40. The summed E-state index contributed by atoms with van der Waals surface area (Å²) in [6.45, 7) is 6.91. The lowest BCUT2D eigenvalue weighted by molar-refractivity contribution is 0.0496. The maximum atomic E-state index is 11.6. The van der Waals surface area contributed by atoms with Crippen molar-refractivity contribution in [2.75, 3.05) is 23.7 Å². The van der Waals surface area contributed by atoms with Gasteiger partial charge in [-0.05, 0) is 32.9 Å². The van der Waals surface area contributed by atoms with Crippen molar-refractivity contribution in [3.8, 4) is 0 Å². The second-order valence-electron chi connectivity index (χ2n) is 5.66. The minimum atomic E-state index is -0.473. The topological polar surface area (TPSA) is 80.5 Å². The first-order valence-electron chi connectivity index (χ1n) is 6.30. The van der Waals surface area contributed by atoms with Crippen molar-refractivity contribution in [3.63, 3.8) is 0 Å². The van der Waals surface area contributed by atoms with Gasteiger partial charge in [-0.25, -0.2) is 9.78 Å². The predicted octanol–water partition coefficient (Wildman–Crippen LogP) is 1.38. The highest BCUT2D eigenvalue weighted by Gasteiger charge is 2.31. The number of amides is 1. The van der Waals surface area contributed by atoms with E-state index in [4.69, 9.17) is 10.5 Å². The van der Waals surface area contributed by atoms with Gasteiger partial charge in [-0.1, -0.05) is 0 Å². The smallest absolute Gasteiger partial charge is 0.407 e. The van der Waals surface area contributed by atoms with Gasteiger partial charge in [0, 0.05) is 19.3 Å². The summed E-state index contributed by atoms with van der Waals surface area (Å²) < 4.78 is 5.20. The lowest BCUT2D eigenvalue weighted by Crippen LogP contribution is -2.60. The van der Waals surface area contributed by atoms with Crippen LogP contribution in [0.2, 0.25) is 0 Å². The molecular formula is C13H20N4O2. The molecule has 0 spiro atoms. The van der Waals surface area contributed by atoms with Crippen LogP contribution in [0.3, 0.4) is 0 Å². The van der Waals surface area contributed by atoms with Crippen LogP contribution in [-0.4, -0.2) is 35.8 Å². The van der Waals surface area contributed by atoms with Gasteiger partial charge < -0.3 is 20.7 Å². The number of nitrogens with one attached hydrogen (secondary N) is 1. The number of pyridine rings is 1. The number of nitrogens with zero attached hydrogens (tertiary/aromatic N) is 2. The molecule has 0 bridgehead atoms. The highest BCUT2D eigenvalue weighted by atomic mass is 16.6. The number of nitrogen functional groups attached to an aromatic ring is 1. The third-order valence-electron chi connectivity index (χ3n) is 2.72. The number of carbonyl (C=O) groups excluding carboxylic acids is 1. The Morgan fingerprint density at radius 1 is 1.53 bits per heavy atom. The Hall–Kier alpha value is -1.98. The van der Waals surface area contributed by atoms with Gasteiger partial charge in [-0.3, -0.25) is 0 Å². The average Bonchev–Trinajstić information content (AvgIpc) is 2.22. The SMILES string of the molecule is CC(C)(C)OC(=O)NC1CN(c2ncccc2N)C1. The molecular weight excluding hydrogens is 244 g/mol. The van der Waals surface area contributed by atoms with E-state index in [0.29, 0.717) is 18.8 Å². The molecule has 0 aromatic carbocycles. The van der Waals surface area contributed by atoms with Crippen LogP contribution >= 0.6 is 0 Å². The van der Waals surface area contributed by atoms with Crippen LogP contribution < -0.4 is 16.0 Å². The number of hydrogen-bond donors (Lipinski definition) is 2. The Labute approximate surface area is 112 Å². The Morgan fingerprint density at radius 3 is 2.79 bits per heavy atom. The summed E-state index contributed by atoms with van der Waals surface area (Å²) in [5.41, 5.74) is 6.02. The van der Waals surface area contributed by atoms with E-state index in [2.05, 4.69) is 10.3 Å². The van der Waals surface area contributed by atoms with Crippen LogP contribution in [0.5, 0.6) is 0 Å². The third-order valence-corrected chi connectivity index (χ3v) is 2.72. The zero-order valence-electron chi connectivity index (χ0n) is 11.5. The minimum absolute atomic E-state index is 0.0799.